The van der Waals surface area contributed by atoms with Crippen LogP contribution in [0.5, 0.6) is 0 Å². The molecule has 0 saturated carbocycles. The number of anilines is 1. The third-order valence-electron chi connectivity index (χ3n) is 4.71. The number of Topliss-reactive ketones (excluding diaryl/α,β-unsaturated/α-hetero) is 1. The molecule has 0 spiro atoms. The monoisotopic (exact) mass is 416 g/mol. The van der Waals surface area contributed by atoms with Crippen molar-refractivity contribution in [2.24, 2.45) is 0 Å². The number of hydrogen-bond acceptors (Lipinski definition) is 5. The molecule has 1 aliphatic heterocycles. The Labute approximate surface area is 175 Å². The Balaban J connectivity index is 1.59. The molecule has 2 aromatic rings. The number of nitrogens with zero attached hydrogens (tertiary/aromatic N) is 2. The SMILES string of the molecule is N#CC(NNc1cc(Cl)cc(Cl)c1)C(=O)c1ccc(CN2CCCCC2)cc1. The third kappa shape index (κ3) is 5.70. The molecule has 2 aromatic carbocycles. The number of nitriles is 1. The van der Waals surface area contributed by atoms with Crippen molar-refractivity contribution < 1.29 is 4.79 Å². The van der Waals surface area contributed by atoms with E-state index < -0.39 is 6.04 Å². The van der Waals surface area contributed by atoms with Crippen LogP contribution in [0.4, 0.5) is 5.69 Å². The first-order valence-corrected chi connectivity index (χ1v) is 10.0. The number of carbonyl (C=O) groups is 1. The van der Waals surface area contributed by atoms with Gasteiger partial charge in [0.05, 0.1) is 11.8 Å². The molecule has 5 nitrogen and oxygen atoms in total. The Morgan fingerprint density at radius 1 is 1.07 bits per heavy atom. The van der Waals surface area contributed by atoms with Crippen LogP contribution in [0.2, 0.25) is 10.0 Å². The van der Waals surface area contributed by atoms with E-state index in [2.05, 4.69) is 15.8 Å². The van der Waals surface area contributed by atoms with Gasteiger partial charge in [-0.15, -0.1) is 0 Å². The summed E-state index contributed by atoms with van der Waals surface area (Å²) in [6.45, 7) is 3.14. The highest BCUT2D eigenvalue weighted by Crippen LogP contribution is 2.22. The fourth-order valence-corrected chi connectivity index (χ4v) is 3.78. The summed E-state index contributed by atoms with van der Waals surface area (Å²) in [7, 11) is 0. The van der Waals surface area contributed by atoms with Crippen LogP contribution in [-0.4, -0.2) is 29.8 Å². The zero-order chi connectivity index (χ0) is 19.9. The van der Waals surface area contributed by atoms with E-state index in [1.165, 1.54) is 24.8 Å². The molecule has 7 heteroatoms. The summed E-state index contributed by atoms with van der Waals surface area (Å²) in [5.41, 5.74) is 7.79. The maximum Gasteiger partial charge on any atom is 0.195 e. The molecule has 146 valence electrons. The summed E-state index contributed by atoms with van der Waals surface area (Å²) < 4.78 is 0. The van der Waals surface area contributed by atoms with Crippen LogP contribution in [0.1, 0.15) is 35.2 Å². The Hall–Kier alpha value is -2.10. The van der Waals surface area contributed by atoms with Gasteiger partial charge < -0.3 is 5.43 Å². The van der Waals surface area contributed by atoms with Crippen LogP contribution in [0.3, 0.4) is 0 Å². The number of nitrogens with one attached hydrogen (secondary N) is 2. The molecular formula is C21H22Cl2N4O. The average molecular weight is 417 g/mol. The second kappa shape index (κ2) is 9.90. The lowest BCUT2D eigenvalue weighted by Crippen LogP contribution is -2.39. The van der Waals surface area contributed by atoms with E-state index >= 15 is 0 Å². The number of piperidine rings is 1. The first-order valence-electron chi connectivity index (χ1n) is 9.28. The Morgan fingerprint density at radius 2 is 1.71 bits per heavy atom. The highest BCUT2D eigenvalue weighted by molar-refractivity contribution is 6.35. The van der Waals surface area contributed by atoms with Crippen molar-refractivity contribution in [2.75, 3.05) is 18.5 Å². The Kier molecular flexibility index (Phi) is 7.30. The van der Waals surface area contributed by atoms with Gasteiger partial charge in [-0.05, 0) is 49.7 Å². The van der Waals surface area contributed by atoms with Crippen molar-refractivity contribution >= 4 is 34.7 Å². The van der Waals surface area contributed by atoms with Crippen LogP contribution in [0.25, 0.3) is 0 Å². The summed E-state index contributed by atoms with van der Waals surface area (Å²) >= 11 is 11.9. The highest BCUT2D eigenvalue weighted by atomic mass is 35.5. The van der Waals surface area contributed by atoms with E-state index in [1.807, 2.05) is 18.2 Å². The summed E-state index contributed by atoms with van der Waals surface area (Å²) in [4.78, 5) is 15.1. The molecule has 0 aromatic heterocycles. The van der Waals surface area contributed by atoms with Gasteiger partial charge in [0.15, 0.2) is 11.8 Å². The Bertz CT molecular complexity index is 837. The number of hydrogen-bond donors (Lipinski definition) is 2. The molecule has 0 amide bonds. The molecular weight excluding hydrogens is 395 g/mol. The van der Waals surface area contributed by atoms with Gasteiger partial charge in [-0.25, -0.2) is 5.43 Å². The van der Waals surface area contributed by atoms with Gasteiger partial charge in [0.25, 0.3) is 0 Å². The molecule has 2 N–H and O–H groups in total. The maximum absolute atomic E-state index is 12.6. The lowest BCUT2D eigenvalue weighted by Gasteiger charge is -2.26. The van der Waals surface area contributed by atoms with Gasteiger partial charge >= 0.3 is 0 Å². The van der Waals surface area contributed by atoms with Crippen molar-refractivity contribution in [3.63, 3.8) is 0 Å². The van der Waals surface area contributed by atoms with Crippen molar-refractivity contribution in [2.45, 2.75) is 31.8 Å². The number of ketones is 1. The summed E-state index contributed by atoms with van der Waals surface area (Å²) in [6, 6.07) is 13.3. The standard InChI is InChI=1S/C21H22Cl2N4O/c22-17-10-18(23)12-19(11-17)25-26-20(13-24)21(28)16-6-4-15(5-7-16)14-27-8-2-1-3-9-27/h4-7,10-12,20,25-26H,1-3,8-9,14H2. The molecule has 1 aliphatic rings. The number of halogens is 2. The number of hydrazine groups is 1. The predicted molar refractivity (Wildman–Crippen MR) is 113 cm³/mol. The molecule has 0 radical (unpaired) electrons. The summed E-state index contributed by atoms with van der Waals surface area (Å²) in [5, 5.41) is 10.3. The molecule has 1 heterocycles. The van der Waals surface area contributed by atoms with E-state index in [1.54, 1.807) is 30.3 Å². The van der Waals surface area contributed by atoms with Crippen LogP contribution >= 0.6 is 23.2 Å². The minimum atomic E-state index is -1.04. The predicted octanol–water partition coefficient (Wildman–Crippen LogP) is 4.67. The zero-order valence-corrected chi connectivity index (χ0v) is 16.9. The van der Waals surface area contributed by atoms with Gasteiger partial charge in [-0.2, -0.15) is 5.26 Å². The fraction of sp³-hybridized carbons (Fsp3) is 0.333. The van der Waals surface area contributed by atoms with Crippen LogP contribution < -0.4 is 10.9 Å². The van der Waals surface area contributed by atoms with Crippen LogP contribution in [0.15, 0.2) is 42.5 Å². The second-order valence-electron chi connectivity index (χ2n) is 6.89. The molecule has 1 saturated heterocycles. The van der Waals surface area contributed by atoms with Crippen molar-refractivity contribution in [1.29, 1.82) is 5.26 Å². The van der Waals surface area contributed by atoms with Gasteiger partial charge in [0.2, 0.25) is 0 Å². The average Bonchev–Trinajstić information content (AvgIpc) is 2.69. The smallest absolute Gasteiger partial charge is 0.195 e. The topological polar surface area (TPSA) is 68.2 Å². The minimum Gasteiger partial charge on any atom is -0.320 e. The maximum atomic E-state index is 12.6. The zero-order valence-electron chi connectivity index (χ0n) is 15.4. The quantitative estimate of drug-likeness (QED) is 0.506. The van der Waals surface area contributed by atoms with E-state index in [9.17, 15) is 10.1 Å². The summed E-state index contributed by atoms with van der Waals surface area (Å²) in [5.74, 6) is -0.298. The van der Waals surface area contributed by atoms with E-state index in [4.69, 9.17) is 23.2 Å². The van der Waals surface area contributed by atoms with E-state index in [0.717, 1.165) is 19.6 Å². The Morgan fingerprint density at radius 3 is 2.32 bits per heavy atom. The first-order chi connectivity index (χ1) is 13.5. The van der Waals surface area contributed by atoms with Gasteiger partial charge in [-0.3, -0.25) is 9.69 Å². The van der Waals surface area contributed by atoms with Gasteiger partial charge in [0, 0.05) is 22.2 Å². The molecule has 1 fully saturated rings. The van der Waals surface area contributed by atoms with E-state index in [-0.39, 0.29) is 5.78 Å². The fourth-order valence-electron chi connectivity index (χ4n) is 3.25. The molecule has 0 bridgehead atoms. The molecule has 1 unspecified atom stereocenters. The van der Waals surface area contributed by atoms with Crippen molar-refractivity contribution in [3.05, 3.63) is 63.6 Å². The minimum absolute atomic E-state index is 0.298. The van der Waals surface area contributed by atoms with Gasteiger partial charge in [-0.1, -0.05) is 53.9 Å². The highest BCUT2D eigenvalue weighted by Gasteiger charge is 2.19. The lowest BCUT2D eigenvalue weighted by atomic mass is 10.0. The number of benzene rings is 2. The number of likely N-dealkylation sites (tertiary alicyclic amines) is 1. The largest absolute Gasteiger partial charge is 0.320 e. The van der Waals surface area contributed by atoms with Crippen molar-refractivity contribution in [1.82, 2.24) is 10.3 Å². The van der Waals surface area contributed by atoms with Gasteiger partial charge in [0.1, 0.15) is 0 Å². The molecule has 0 aliphatic carbocycles. The van der Waals surface area contributed by atoms with Crippen LogP contribution in [-0.2, 0) is 6.54 Å². The molecule has 1 atom stereocenters. The van der Waals surface area contributed by atoms with Crippen LogP contribution in [0, 0.1) is 11.3 Å². The molecule has 28 heavy (non-hydrogen) atoms. The second-order valence-corrected chi connectivity index (χ2v) is 7.76. The lowest BCUT2D eigenvalue weighted by molar-refractivity contribution is 0.0969. The number of rotatable bonds is 7. The van der Waals surface area contributed by atoms with Crippen molar-refractivity contribution in [3.8, 4) is 6.07 Å². The van der Waals surface area contributed by atoms with E-state index in [0.29, 0.717) is 21.3 Å². The first kappa shape index (κ1) is 20.6. The third-order valence-corrected chi connectivity index (χ3v) is 5.14. The molecule has 3 rings (SSSR count). The normalized spacial score (nSPS) is 15.6. The summed E-state index contributed by atoms with van der Waals surface area (Å²) in [6.07, 6.45) is 3.80. The number of carbonyl (C=O) groups excluding carboxylic acids is 1.